The maximum atomic E-state index is 4.81. The SMILES string of the molecule is [CH2-]C1CCCC1[B]c1ccc(Cc2ccc(CC3[CH-]CCC3)[n-]2)[n-]1.[CH2-]c1ccccc1[B]c1ccc(Cc2ccc(Cc3[c-]cccc3)[n-]2)[n-]1.[Pt].[Pt].[Y].[Y].[Y].[Y]. The molecule has 56 heavy (non-hydrogen) atoms. The normalized spacial score (nSPS) is 16.6. The number of benzene rings is 2. The number of hydrogen-bond acceptors (Lipinski definition) is 0. The molecule has 6 radical (unpaired) electrons. The second-order valence-electron chi connectivity index (χ2n) is 14.0. The third-order valence-electron chi connectivity index (χ3n) is 10.0. The Bertz CT molecular complexity index is 1940. The average molecular weight is 1400 g/mol. The van der Waals surface area contributed by atoms with Crippen LogP contribution in [0.25, 0.3) is 0 Å². The van der Waals surface area contributed by atoms with Gasteiger partial charge in [0, 0.05) is 173 Å². The quantitative estimate of drug-likeness (QED) is 0.113. The van der Waals surface area contributed by atoms with Crippen molar-refractivity contribution >= 4 is 31.2 Å². The molecule has 0 amide bonds. The van der Waals surface area contributed by atoms with E-state index in [1.807, 2.05) is 42.5 Å². The zero-order chi connectivity index (χ0) is 34.1. The van der Waals surface area contributed by atoms with Gasteiger partial charge < -0.3 is 33.3 Å². The van der Waals surface area contributed by atoms with Gasteiger partial charge in [-0.1, -0.05) is 98.9 Å². The predicted octanol–water partition coefficient (Wildman–Crippen LogP) is 5.90. The molecule has 0 bridgehead atoms. The molecule has 286 valence electrons. The van der Waals surface area contributed by atoms with Crippen molar-refractivity contribution in [1.29, 1.82) is 0 Å². The van der Waals surface area contributed by atoms with E-state index in [0.717, 1.165) is 87.8 Å². The van der Waals surface area contributed by atoms with E-state index in [0.29, 0.717) is 11.7 Å². The van der Waals surface area contributed by atoms with Crippen LogP contribution in [-0.2, 0) is 199 Å². The smallest absolute Gasteiger partial charge is 0.123 e. The van der Waals surface area contributed by atoms with Gasteiger partial charge >= 0.3 is 0 Å². The Morgan fingerprint density at radius 3 is 1.84 bits per heavy atom. The summed E-state index contributed by atoms with van der Waals surface area (Å²) in [7, 11) is 4.40. The summed E-state index contributed by atoms with van der Waals surface area (Å²) in [6, 6.07) is 36.3. The van der Waals surface area contributed by atoms with Crippen molar-refractivity contribution in [2.75, 3.05) is 0 Å². The minimum atomic E-state index is 0. The van der Waals surface area contributed by atoms with Crippen molar-refractivity contribution in [2.24, 2.45) is 11.8 Å². The Morgan fingerprint density at radius 1 is 0.625 bits per heavy atom. The minimum Gasteiger partial charge on any atom is -0.673 e. The van der Waals surface area contributed by atoms with Gasteiger partial charge in [-0.3, -0.25) is 0 Å². The van der Waals surface area contributed by atoms with Gasteiger partial charge in [0.2, 0.25) is 0 Å². The second kappa shape index (κ2) is 28.9. The zero-order valence-corrected chi connectivity index (χ0v) is 47.8. The number of nitrogens with zero attached hydrogens (tertiary/aromatic N) is 4. The molecule has 2 aliphatic carbocycles. The average Bonchev–Trinajstić information content (AvgIpc) is 3.97. The van der Waals surface area contributed by atoms with Gasteiger partial charge in [-0.2, -0.15) is 118 Å². The van der Waals surface area contributed by atoms with Crippen LogP contribution in [-0.4, -0.2) is 14.6 Å². The van der Waals surface area contributed by atoms with E-state index in [4.69, 9.17) is 19.9 Å². The van der Waals surface area contributed by atoms with E-state index in [2.05, 4.69) is 95.5 Å². The van der Waals surface area contributed by atoms with Gasteiger partial charge in [0.25, 0.3) is 0 Å². The van der Waals surface area contributed by atoms with Crippen LogP contribution in [0.1, 0.15) is 83.8 Å². The van der Waals surface area contributed by atoms with Gasteiger partial charge in [0.15, 0.2) is 0 Å². The third-order valence-corrected chi connectivity index (χ3v) is 10.0. The van der Waals surface area contributed by atoms with Crippen LogP contribution in [0.3, 0.4) is 0 Å². The third kappa shape index (κ3) is 17.3. The van der Waals surface area contributed by atoms with Crippen molar-refractivity contribution in [3.8, 4) is 0 Å². The summed E-state index contributed by atoms with van der Waals surface area (Å²) in [6.45, 7) is 8.32. The van der Waals surface area contributed by atoms with E-state index in [1.165, 1.54) is 44.2 Å². The Kier molecular flexibility index (Phi) is 28.5. The molecule has 0 spiro atoms. The van der Waals surface area contributed by atoms with Crippen LogP contribution in [0, 0.1) is 38.2 Å². The minimum absolute atomic E-state index is 0. The van der Waals surface area contributed by atoms with Crippen molar-refractivity contribution in [2.45, 2.75) is 70.0 Å². The Labute approximate surface area is 467 Å². The summed E-state index contributed by atoms with van der Waals surface area (Å²) in [4.78, 5) is 19.0. The number of hydrogen-bond donors (Lipinski definition) is 0. The molecule has 2 aliphatic rings. The topological polar surface area (TPSA) is 56.4 Å². The monoisotopic (exact) mass is 1400 g/mol. The largest absolute Gasteiger partial charge is 0.673 e. The molecule has 3 atom stereocenters. The fourth-order valence-electron chi connectivity index (χ4n) is 7.28. The first-order valence-corrected chi connectivity index (χ1v) is 18.2. The summed E-state index contributed by atoms with van der Waals surface area (Å²) in [5.41, 5.74) is 12.1. The van der Waals surface area contributed by atoms with E-state index in [1.54, 1.807) is 0 Å². The van der Waals surface area contributed by atoms with E-state index < -0.39 is 0 Å². The van der Waals surface area contributed by atoms with Gasteiger partial charge in [-0.25, -0.2) is 5.59 Å². The summed E-state index contributed by atoms with van der Waals surface area (Å²) in [6.07, 6.45) is 13.8. The fourth-order valence-corrected chi connectivity index (χ4v) is 7.28. The van der Waals surface area contributed by atoms with Gasteiger partial charge in [-0.05, 0) is 19.3 Å². The Morgan fingerprint density at radius 2 is 1.21 bits per heavy atom. The molecule has 4 nitrogen and oxygen atoms in total. The molecule has 2 fully saturated rings. The van der Waals surface area contributed by atoms with Crippen LogP contribution >= 0.6 is 0 Å². The van der Waals surface area contributed by atoms with E-state index in [9.17, 15) is 0 Å². The van der Waals surface area contributed by atoms with Crippen LogP contribution in [0.4, 0.5) is 0 Å². The summed E-state index contributed by atoms with van der Waals surface area (Å²) in [5, 5.41) is 0. The first-order chi connectivity index (χ1) is 24.5. The van der Waals surface area contributed by atoms with Crippen molar-refractivity contribution in [3.05, 3.63) is 169 Å². The zero-order valence-electron chi connectivity index (χ0n) is 31.9. The summed E-state index contributed by atoms with van der Waals surface area (Å²) in [5.74, 6) is 1.92. The molecule has 0 N–H and O–H groups in total. The molecule has 8 rings (SSSR count). The van der Waals surface area contributed by atoms with Crippen LogP contribution in [0.15, 0.2) is 97.1 Å². The molecule has 3 unspecified atom stereocenters. The summed E-state index contributed by atoms with van der Waals surface area (Å²) < 4.78 is 0. The Balaban J connectivity index is 0.000000507. The molecule has 2 saturated carbocycles. The maximum Gasteiger partial charge on any atom is 0.123 e. The molecule has 4 heterocycles. The molecule has 2 aromatic carbocycles. The molecular formula is C44H44B2N4Pt2Y4-8. The predicted molar refractivity (Wildman–Crippen MR) is 206 cm³/mol. The van der Waals surface area contributed by atoms with Gasteiger partial charge in [0.1, 0.15) is 7.28 Å². The summed E-state index contributed by atoms with van der Waals surface area (Å²) >= 11 is 0. The van der Waals surface area contributed by atoms with Crippen molar-refractivity contribution < 1.29 is 173 Å². The maximum absolute atomic E-state index is 4.81. The first-order valence-electron chi connectivity index (χ1n) is 18.2. The van der Waals surface area contributed by atoms with Crippen LogP contribution in [0.5, 0.6) is 0 Å². The van der Waals surface area contributed by atoms with Crippen molar-refractivity contribution in [1.82, 2.24) is 19.9 Å². The second-order valence-corrected chi connectivity index (χ2v) is 14.0. The molecule has 6 aromatic rings. The molecule has 0 saturated heterocycles. The first kappa shape index (κ1) is 55.4. The molecular weight excluding hydrogens is 1350 g/mol. The number of rotatable bonds is 12. The molecule has 0 aliphatic heterocycles. The standard InChI is InChI=1S/C23H18BN2.C21H26BN2.2Pt.4Y/c1-17-7-5-6-10-22(17)24-23-14-13-21(26-23)16-20-12-11-19(25-20)15-18-8-3-2-4-9-18;1-15-5-4-8-20(15)22-21-12-11-19(24-21)14-18-10-9-17(23-18)13-16-6-2-3-7-16;;;;;;/h2-8,10-14H,1,15-16H2;6,9-12,15-16,20H,1-5,7-8,13-14H2;;;;;;/q2*-4;;;;;;. The van der Waals surface area contributed by atoms with E-state index in [-0.39, 0.29) is 173 Å². The van der Waals surface area contributed by atoms with Gasteiger partial charge in [0.05, 0.1) is 7.28 Å². The van der Waals surface area contributed by atoms with E-state index >= 15 is 0 Å². The van der Waals surface area contributed by atoms with Crippen molar-refractivity contribution in [3.63, 3.8) is 0 Å². The Hall–Kier alpha value is 1.35. The number of aromatic nitrogens is 4. The van der Waals surface area contributed by atoms with Crippen LogP contribution < -0.4 is 36.6 Å². The fraction of sp³-hybridized carbons (Fsp3) is 0.295. The van der Waals surface area contributed by atoms with Crippen LogP contribution in [0.2, 0.25) is 5.82 Å². The van der Waals surface area contributed by atoms with Gasteiger partial charge in [-0.15, -0.1) is 12.1 Å². The molecule has 4 aromatic heterocycles. The molecule has 12 heteroatoms.